The number of benzene rings is 1. The Morgan fingerprint density at radius 1 is 1.10 bits per heavy atom. The standard InChI is InChI=1S/C23H24F3N3O2/c1-12-8-29(15-10-31-11-15)9-13(2)23(12,30)21-17(24)5-14(6-18(21)25)16-3-4-27-22-20(16)19(26)7-28-22/h3-7,12-13,15,30H,8-11H2,1-2H3,(H,27,28)/t12-,13+,23-. The van der Waals surface area contributed by atoms with E-state index in [0.29, 0.717) is 37.5 Å². The minimum atomic E-state index is -1.65. The quantitative estimate of drug-likeness (QED) is 0.662. The molecule has 0 spiro atoms. The zero-order valence-electron chi connectivity index (χ0n) is 17.3. The number of H-pyrrole nitrogens is 1. The van der Waals surface area contributed by atoms with E-state index in [1.807, 2.05) is 13.8 Å². The fraction of sp³-hybridized carbons (Fsp3) is 0.435. The van der Waals surface area contributed by atoms with Crippen LogP contribution in [0.1, 0.15) is 19.4 Å². The molecule has 0 amide bonds. The Bertz CT molecular complexity index is 1110. The van der Waals surface area contributed by atoms with Crippen molar-refractivity contribution >= 4 is 11.0 Å². The van der Waals surface area contributed by atoms with Gasteiger partial charge in [-0.2, -0.15) is 0 Å². The summed E-state index contributed by atoms with van der Waals surface area (Å²) in [5.41, 5.74) is -1.15. The minimum absolute atomic E-state index is 0.172. The van der Waals surface area contributed by atoms with Crippen molar-refractivity contribution in [2.24, 2.45) is 11.8 Å². The summed E-state index contributed by atoms with van der Waals surface area (Å²) in [4.78, 5) is 8.98. The number of likely N-dealkylation sites (tertiary alicyclic amines) is 1. The first kappa shape index (κ1) is 20.5. The van der Waals surface area contributed by atoms with Gasteiger partial charge in [0, 0.05) is 37.3 Å². The van der Waals surface area contributed by atoms with Crippen molar-refractivity contribution in [2.45, 2.75) is 25.5 Å². The summed E-state index contributed by atoms with van der Waals surface area (Å²) in [6.07, 6.45) is 2.62. The van der Waals surface area contributed by atoms with Crippen molar-refractivity contribution in [3.63, 3.8) is 0 Å². The predicted molar refractivity (Wildman–Crippen MR) is 110 cm³/mol. The molecule has 4 heterocycles. The molecule has 8 heteroatoms. The summed E-state index contributed by atoms with van der Waals surface area (Å²) >= 11 is 0. The van der Waals surface area contributed by atoms with E-state index in [4.69, 9.17) is 4.74 Å². The second kappa shape index (κ2) is 7.32. The maximum Gasteiger partial charge on any atom is 0.150 e. The molecule has 2 aliphatic heterocycles. The summed E-state index contributed by atoms with van der Waals surface area (Å²) in [5, 5.41) is 11.7. The molecule has 1 aromatic carbocycles. The van der Waals surface area contributed by atoms with Crippen LogP contribution in [-0.2, 0) is 10.3 Å². The first-order chi connectivity index (χ1) is 14.8. The molecule has 3 aromatic rings. The number of aromatic amines is 1. The van der Waals surface area contributed by atoms with Crippen LogP contribution in [-0.4, -0.2) is 52.3 Å². The van der Waals surface area contributed by atoms with Gasteiger partial charge in [0.2, 0.25) is 0 Å². The molecule has 2 N–H and O–H groups in total. The number of nitrogens with zero attached hydrogens (tertiary/aromatic N) is 2. The molecule has 2 aliphatic rings. The summed E-state index contributed by atoms with van der Waals surface area (Å²) in [6, 6.07) is 4.15. The third kappa shape index (κ3) is 3.08. The maximum absolute atomic E-state index is 15.4. The third-order valence-corrected chi connectivity index (χ3v) is 6.94. The van der Waals surface area contributed by atoms with Crippen LogP contribution in [0.5, 0.6) is 0 Å². The number of hydrogen-bond donors (Lipinski definition) is 2. The van der Waals surface area contributed by atoms with E-state index < -0.39 is 23.1 Å². The average Bonchev–Trinajstić information content (AvgIpc) is 3.05. The van der Waals surface area contributed by atoms with Gasteiger partial charge in [0.25, 0.3) is 0 Å². The lowest BCUT2D eigenvalue weighted by Gasteiger charge is -2.51. The van der Waals surface area contributed by atoms with Gasteiger partial charge in [-0.3, -0.25) is 4.90 Å². The molecule has 5 nitrogen and oxygen atoms in total. The largest absolute Gasteiger partial charge is 0.384 e. The van der Waals surface area contributed by atoms with Gasteiger partial charge in [-0.15, -0.1) is 0 Å². The van der Waals surface area contributed by atoms with E-state index in [1.165, 1.54) is 24.4 Å². The van der Waals surface area contributed by atoms with Gasteiger partial charge in [-0.05, 0) is 29.3 Å². The van der Waals surface area contributed by atoms with E-state index >= 15 is 8.78 Å². The molecule has 0 radical (unpaired) electrons. The van der Waals surface area contributed by atoms with E-state index in [9.17, 15) is 9.50 Å². The number of aliphatic hydroxyl groups is 1. The van der Waals surface area contributed by atoms with E-state index in [2.05, 4.69) is 14.9 Å². The molecule has 0 saturated carbocycles. The van der Waals surface area contributed by atoms with E-state index in [1.54, 1.807) is 0 Å². The first-order valence-corrected chi connectivity index (χ1v) is 10.5. The molecular formula is C23H24F3N3O2. The zero-order chi connectivity index (χ0) is 21.9. The van der Waals surface area contributed by atoms with E-state index in [0.717, 1.165) is 6.20 Å². The molecule has 0 bridgehead atoms. The Hall–Kier alpha value is -2.42. The van der Waals surface area contributed by atoms with Crippen LogP contribution in [0, 0.1) is 29.3 Å². The number of pyridine rings is 1. The van der Waals surface area contributed by atoms with Crippen LogP contribution in [0.4, 0.5) is 13.2 Å². The molecule has 164 valence electrons. The van der Waals surface area contributed by atoms with Gasteiger partial charge in [-0.25, -0.2) is 18.2 Å². The third-order valence-electron chi connectivity index (χ3n) is 6.94. The van der Waals surface area contributed by atoms with Crippen LogP contribution in [0.25, 0.3) is 22.2 Å². The Kier molecular flexibility index (Phi) is 4.84. The first-order valence-electron chi connectivity index (χ1n) is 10.5. The zero-order valence-corrected chi connectivity index (χ0v) is 17.3. The molecule has 0 aliphatic carbocycles. The van der Waals surface area contributed by atoms with Crippen molar-refractivity contribution in [3.8, 4) is 11.1 Å². The number of halogens is 3. The highest BCUT2D eigenvalue weighted by Crippen LogP contribution is 2.45. The van der Waals surface area contributed by atoms with Crippen LogP contribution < -0.4 is 0 Å². The molecule has 31 heavy (non-hydrogen) atoms. The van der Waals surface area contributed by atoms with E-state index in [-0.39, 0.29) is 34.4 Å². The number of rotatable bonds is 3. The lowest BCUT2D eigenvalue weighted by Crippen LogP contribution is -2.61. The van der Waals surface area contributed by atoms with Crippen molar-refractivity contribution < 1.29 is 23.0 Å². The predicted octanol–water partition coefficient (Wildman–Crippen LogP) is 3.82. The smallest absolute Gasteiger partial charge is 0.150 e. The van der Waals surface area contributed by atoms with Crippen LogP contribution >= 0.6 is 0 Å². The van der Waals surface area contributed by atoms with Gasteiger partial charge in [0.05, 0.1) is 30.2 Å². The Balaban J connectivity index is 1.56. The number of aromatic nitrogens is 2. The van der Waals surface area contributed by atoms with Gasteiger partial charge in [0.1, 0.15) is 22.9 Å². The SMILES string of the molecule is C[C@@H]1CN(C2COC2)C[C@H](C)[C@@]1(O)c1c(F)cc(-c2ccnc3[nH]cc(F)c23)cc1F. The Labute approximate surface area is 177 Å². The lowest BCUT2D eigenvalue weighted by molar-refractivity contribution is -0.153. The molecule has 2 saturated heterocycles. The fourth-order valence-corrected chi connectivity index (χ4v) is 5.14. The van der Waals surface area contributed by atoms with Gasteiger partial charge < -0.3 is 14.8 Å². The monoisotopic (exact) mass is 431 g/mol. The molecule has 5 rings (SSSR count). The number of nitrogens with one attached hydrogen (secondary N) is 1. The number of fused-ring (bicyclic) bond motifs is 1. The number of piperidine rings is 1. The highest BCUT2D eigenvalue weighted by atomic mass is 19.1. The molecule has 0 unspecified atom stereocenters. The summed E-state index contributed by atoms with van der Waals surface area (Å²) in [5.74, 6) is -2.99. The molecular weight excluding hydrogens is 407 g/mol. The molecule has 2 aromatic heterocycles. The molecule has 2 fully saturated rings. The van der Waals surface area contributed by atoms with Crippen LogP contribution in [0.3, 0.4) is 0 Å². The normalized spacial score (nSPS) is 27.5. The number of ether oxygens (including phenoxy) is 1. The van der Waals surface area contributed by atoms with Crippen LogP contribution in [0.2, 0.25) is 0 Å². The average molecular weight is 431 g/mol. The second-order valence-corrected chi connectivity index (χ2v) is 8.81. The lowest BCUT2D eigenvalue weighted by atomic mass is 9.70. The molecule has 3 atom stereocenters. The Morgan fingerprint density at radius 3 is 2.32 bits per heavy atom. The van der Waals surface area contributed by atoms with Gasteiger partial charge in [-0.1, -0.05) is 13.8 Å². The maximum atomic E-state index is 15.4. The second-order valence-electron chi connectivity index (χ2n) is 8.81. The minimum Gasteiger partial charge on any atom is -0.384 e. The highest BCUT2D eigenvalue weighted by Gasteiger charge is 2.50. The fourth-order valence-electron chi connectivity index (χ4n) is 5.14. The topological polar surface area (TPSA) is 61.4 Å². The number of hydrogen-bond acceptors (Lipinski definition) is 4. The highest BCUT2D eigenvalue weighted by molar-refractivity contribution is 5.93. The van der Waals surface area contributed by atoms with Gasteiger partial charge in [0.15, 0.2) is 5.82 Å². The Morgan fingerprint density at radius 2 is 1.74 bits per heavy atom. The van der Waals surface area contributed by atoms with Gasteiger partial charge >= 0.3 is 0 Å². The van der Waals surface area contributed by atoms with Crippen molar-refractivity contribution in [1.29, 1.82) is 0 Å². The van der Waals surface area contributed by atoms with Crippen molar-refractivity contribution in [1.82, 2.24) is 14.9 Å². The van der Waals surface area contributed by atoms with Crippen molar-refractivity contribution in [3.05, 3.63) is 53.6 Å². The summed E-state index contributed by atoms with van der Waals surface area (Å²) in [6.45, 7) is 5.97. The summed E-state index contributed by atoms with van der Waals surface area (Å²) < 4.78 is 50.3. The summed E-state index contributed by atoms with van der Waals surface area (Å²) in [7, 11) is 0. The van der Waals surface area contributed by atoms with Crippen molar-refractivity contribution in [2.75, 3.05) is 26.3 Å². The van der Waals surface area contributed by atoms with Crippen LogP contribution in [0.15, 0.2) is 30.6 Å².